The van der Waals surface area contributed by atoms with E-state index in [1.54, 1.807) is 7.11 Å². The zero-order valence-electron chi connectivity index (χ0n) is 12.4. The number of fused-ring (bicyclic) bond motifs is 3. The minimum Gasteiger partial charge on any atom is -0.495 e. The Morgan fingerprint density at radius 1 is 1.18 bits per heavy atom. The number of benzene rings is 2. The monoisotopic (exact) mass is 295 g/mol. The lowest BCUT2D eigenvalue weighted by atomic mass is 9.85. The first-order valence-electron chi connectivity index (χ1n) is 7.56. The van der Waals surface area contributed by atoms with Gasteiger partial charge in [-0.05, 0) is 25.0 Å². The van der Waals surface area contributed by atoms with Crippen molar-refractivity contribution in [3.8, 4) is 5.75 Å². The van der Waals surface area contributed by atoms with Crippen LogP contribution in [0.15, 0.2) is 40.8 Å². The fourth-order valence-electron chi connectivity index (χ4n) is 2.92. The summed E-state index contributed by atoms with van der Waals surface area (Å²) in [6, 6.07) is 11.7. The lowest BCUT2D eigenvalue weighted by molar-refractivity contribution is -0.122. The van der Waals surface area contributed by atoms with E-state index in [1.165, 1.54) is 0 Å². The predicted octanol–water partition coefficient (Wildman–Crippen LogP) is 4.33. The van der Waals surface area contributed by atoms with Gasteiger partial charge in [-0.2, -0.15) is 0 Å². The maximum absolute atomic E-state index is 12.2. The third-order valence-electron chi connectivity index (χ3n) is 4.43. The summed E-state index contributed by atoms with van der Waals surface area (Å²) in [5, 5.41) is 5.02. The van der Waals surface area contributed by atoms with Gasteiger partial charge in [-0.25, -0.2) is 0 Å². The second-order valence-corrected chi connectivity index (χ2v) is 5.76. The lowest BCUT2D eigenvalue weighted by Crippen LogP contribution is -2.28. The number of anilines is 1. The summed E-state index contributed by atoms with van der Waals surface area (Å²) >= 11 is 0. The van der Waals surface area contributed by atoms with Gasteiger partial charge in [0.2, 0.25) is 5.91 Å². The van der Waals surface area contributed by atoms with Gasteiger partial charge in [0.25, 0.3) is 0 Å². The van der Waals surface area contributed by atoms with Gasteiger partial charge < -0.3 is 14.5 Å². The second-order valence-electron chi connectivity index (χ2n) is 5.76. The molecular formula is C18H17NO3. The SMILES string of the molecule is COc1cc2c(cc1NC(=O)C1CCC1)oc1ccccc12. The molecule has 0 saturated heterocycles. The van der Waals surface area contributed by atoms with Gasteiger partial charge in [-0.15, -0.1) is 0 Å². The van der Waals surface area contributed by atoms with Gasteiger partial charge in [0.05, 0.1) is 12.8 Å². The number of nitrogens with one attached hydrogen (secondary N) is 1. The van der Waals surface area contributed by atoms with Crippen LogP contribution in [0.25, 0.3) is 21.9 Å². The van der Waals surface area contributed by atoms with E-state index in [-0.39, 0.29) is 11.8 Å². The van der Waals surface area contributed by atoms with E-state index in [0.29, 0.717) is 11.4 Å². The molecule has 1 fully saturated rings. The Bertz CT molecular complexity index is 861. The quantitative estimate of drug-likeness (QED) is 0.782. The summed E-state index contributed by atoms with van der Waals surface area (Å²) in [5.74, 6) is 0.864. The zero-order chi connectivity index (χ0) is 15.1. The molecule has 0 atom stereocenters. The topological polar surface area (TPSA) is 51.5 Å². The summed E-state index contributed by atoms with van der Waals surface area (Å²) < 4.78 is 11.3. The fourth-order valence-corrected chi connectivity index (χ4v) is 2.92. The Labute approximate surface area is 128 Å². The molecule has 4 nitrogen and oxygen atoms in total. The smallest absolute Gasteiger partial charge is 0.227 e. The van der Waals surface area contributed by atoms with Crippen LogP contribution in [-0.2, 0) is 4.79 Å². The minimum atomic E-state index is 0.0695. The molecule has 1 N–H and O–H groups in total. The van der Waals surface area contributed by atoms with Crippen LogP contribution in [0.1, 0.15) is 19.3 Å². The second kappa shape index (κ2) is 5.05. The Morgan fingerprint density at radius 2 is 2.00 bits per heavy atom. The molecule has 0 bridgehead atoms. The van der Waals surface area contributed by atoms with E-state index < -0.39 is 0 Å². The van der Waals surface area contributed by atoms with Crippen LogP contribution in [0.5, 0.6) is 5.75 Å². The van der Waals surface area contributed by atoms with Gasteiger partial charge in [-0.3, -0.25) is 4.79 Å². The lowest BCUT2D eigenvalue weighted by Gasteiger charge is -2.24. The van der Waals surface area contributed by atoms with Crippen molar-refractivity contribution >= 4 is 33.5 Å². The van der Waals surface area contributed by atoms with Crippen molar-refractivity contribution in [3.05, 3.63) is 36.4 Å². The van der Waals surface area contributed by atoms with Crippen LogP contribution in [0.3, 0.4) is 0 Å². The number of amides is 1. The number of methoxy groups -OCH3 is 1. The van der Waals surface area contributed by atoms with Crippen LogP contribution >= 0.6 is 0 Å². The number of para-hydroxylation sites is 1. The zero-order valence-corrected chi connectivity index (χ0v) is 12.4. The van der Waals surface area contributed by atoms with Crippen molar-refractivity contribution in [2.45, 2.75) is 19.3 Å². The predicted molar refractivity (Wildman–Crippen MR) is 86.2 cm³/mol. The summed E-state index contributed by atoms with van der Waals surface area (Å²) in [4.78, 5) is 12.2. The van der Waals surface area contributed by atoms with Crippen molar-refractivity contribution < 1.29 is 13.9 Å². The molecule has 2 aromatic carbocycles. The molecular weight excluding hydrogens is 278 g/mol. The van der Waals surface area contributed by atoms with Gasteiger partial charge in [0.1, 0.15) is 16.9 Å². The van der Waals surface area contributed by atoms with Crippen LogP contribution in [0.4, 0.5) is 5.69 Å². The average molecular weight is 295 g/mol. The van der Waals surface area contributed by atoms with Crippen LogP contribution in [0, 0.1) is 5.92 Å². The number of hydrogen-bond acceptors (Lipinski definition) is 3. The molecule has 1 aliphatic rings. The third kappa shape index (κ3) is 2.03. The van der Waals surface area contributed by atoms with E-state index in [1.807, 2.05) is 36.4 Å². The molecule has 1 saturated carbocycles. The fraction of sp³-hybridized carbons (Fsp3) is 0.278. The molecule has 0 aliphatic heterocycles. The van der Waals surface area contributed by atoms with Crippen molar-refractivity contribution in [2.24, 2.45) is 5.92 Å². The highest BCUT2D eigenvalue weighted by atomic mass is 16.5. The molecule has 4 heteroatoms. The van der Waals surface area contributed by atoms with Gasteiger partial charge in [-0.1, -0.05) is 24.6 Å². The number of carbonyl (C=O) groups excluding carboxylic acids is 1. The molecule has 4 rings (SSSR count). The van der Waals surface area contributed by atoms with E-state index >= 15 is 0 Å². The molecule has 1 aromatic heterocycles. The highest BCUT2D eigenvalue weighted by Gasteiger charge is 2.26. The molecule has 0 unspecified atom stereocenters. The van der Waals surface area contributed by atoms with Crippen molar-refractivity contribution in [1.29, 1.82) is 0 Å². The van der Waals surface area contributed by atoms with E-state index in [4.69, 9.17) is 9.15 Å². The Balaban J connectivity index is 1.80. The summed E-state index contributed by atoms with van der Waals surface area (Å²) in [7, 11) is 1.61. The number of furan rings is 1. The molecule has 1 heterocycles. The number of ether oxygens (including phenoxy) is 1. The Hall–Kier alpha value is -2.49. The number of rotatable bonds is 3. The molecule has 0 radical (unpaired) electrons. The third-order valence-corrected chi connectivity index (χ3v) is 4.43. The molecule has 22 heavy (non-hydrogen) atoms. The van der Waals surface area contributed by atoms with E-state index in [9.17, 15) is 4.79 Å². The molecule has 1 amide bonds. The van der Waals surface area contributed by atoms with E-state index in [2.05, 4.69) is 5.32 Å². The van der Waals surface area contributed by atoms with Crippen LogP contribution < -0.4 is 10.1 Å². The maximum Gasteiger partial charge on any atom is 0.227 e. The van der Waals surface area contributed by atoms with Crippen molar-refractivity contribution in [1.82, 2.24) is 0 Å². The first kappa shape index (κ1) is 13.2. The highest BCUT2D eigenvalue weighted by Crippen LogP contribution is 2.37. The average Bonchev–Trinajstić information content (AvgIpc) is 2.81. The molecule has 1 aliphatic carbocycles. The Morgan fingerprint density at radius 3 is 2.73 bits per heavy atom. The van der Waals surface area contributed by atoms with Crippen LogP contribution in [0.2, 0.25) is 0 Å². The summed E-state index contributed by atoms with van der Waals surface area (Å²) in [6.45, 7) is 0. The van der Waals surface area contributed by atoms with Crippen LogP contribution in [-0.4, -0.2) is 13.0 Å². The first-order valence-corrected chi connectivity index (χ1v) is 7.56. The van der Waals surface area contributed by atoms with Crippen molar-refractivity contribution in [3.63, 3.8) is 0 Å². The normalized spacial score (nSPS) is 15.0. The Kier molecular flexibility index (Phi) is 3.03. The minimum absolute atomic E-state index is 0.0695. The van der Waals surface area contributed by atoms with E-state index in [0.717, 1.165) is 41.2 Å². The number of carbonyl (C=O) groups is 1. The highest BCUT2D eigenvalue weighted by molar-refractivity contribution is 6.07. The molecule has 3 aromatic rings. The van der Waals surface area contributed by atoms with Gasteiger partial charge >= 0.3 is 0 Å². The van der Waals surface area contributed by atoms with Gasteiger partial charge in [0, 0.05) is 22.8 Å². The molecule has 0 spiro atoms. The standard InChI is InChI=1S/C18H17NO3/c1-21-17-9-13-12-7-2-3-8-15(12)22-16(13)10-14(17)19-18(20)11-5-4-6-11/h2-3,7-11H,4-6H2,1H3,(H,19,20). The number of hydrogen-bond donors (Lipinski definition) is 1. The van der Waals surface area contributed by atoms with Gasteiger partial charge in [0.15, 0.2) is 0 Å². The summed E-state index contributed by atoms with van der Waals surface area (Å²) in [5.41, 5.74) is 2.26. The summed E-state index contributed by atoms with van der Waals surface area (Å²) in [6.07, 6.45) is 3.08. The van der Waals surface area contributed by atoms with Crippen molar-refractivity contribution in [2.75, 3.05) is 12.4 Å². The maximum atomic E-state index is 12.2. The largest absolute Gasteiger partial charge is 0.495 e. The first-order chi connectivity index (χ1) is 10.8. The molecule has 112 valence electrons.